The van der Waals surface area contributed by atoms with E-state index in [1.54, 1.807) is 0 Å². The number of esters is 1. The first-order chi connectivity index (χ1) is 9.53. The van der Waals surface area contributed by atoms with Crippen LogP contribution in [0.5, 0.6) is 0 Å². The van der Waals surface area contributed by atoms with Crippen LogP contribution in [0.4, 0.5) is 0 Å². The molecule has 4 fully saturated rings. The van der Waals surface area contributed by atoms with Gasteiger partial charge in [0.25, 0.3) is 0 Å². The molecule has 2 aliphatic carbocycles. The first-order valence-electron chi connectivity index (χ1n) is 7.77. The van der Waals surface area contributed by atoms with E-state index in [0.717, 1.165) is 32.1 Å². The smallest absolute Gasteiger partial charge is 0.339 e. The summed E-state index contributed by atoms with van der Waals surface area (Å²) in [6.07, 6.45) is 5.06. The Labute approximate surface area is 120 Å². The number of ether oxygens (including phenoxy) is 2. The molecule has 0 radical (unpaired) electrons. The highest BCUT2D eigenvalue weighted by Gasteiger charge is 2.66. The Morgan fingerprint density at radius 3 is 2.60 bits per heavy atom. The molecule has 2 saturated heterocycles. The van der Waals surface area contributed by atoms with Crippen molar-refractivity contribution in [1.29, 1.82) is 0 Å². The Morgan fingerprint density at radius 2 is 1.90 bits per heavy atom. The molecule has 0 unspecified atom stereocenters. The molecule has 1 spiro atoms. The zero-order valence-electron chi connectivity index (χ0n) is 12.1. The molecule has 2 saturated carbocycles. The summed E-state index contributed by atoms with van der Waals surface area (Å²) in [5, 5.41) is 0. The summed E-state index contributed by atoms with van der Waals surface area (Å²) >= 11 is 0. The summed E-state index contributed by atoms with van der Waals surface area (Å²) in [6, 6.07) is 0. The van der Waals surface area contributed by atoms with Crippen molar-refractivity contribution in [2.75, 3.05) is 0 Å². The molecule has 3 heteroatoms. The van der Waals surface area contributed by atoms with Gasteiger partial charge in [-0.1, -0.05) is 24.3 Å². The van der Waals surface area contributed by atoms with E-state index in [0.29, 0.717) is 5.92 Å². The second-order valence-electron chi connectivity index (χ2n) is 7.02. The largest absolute Gasteiger partial charge is 0.459 e. The normalized spacial score (nSPS) is 50.5. The van der Waals surface area contributed by atoms with Crippen LogP contribution in [0.2, 0.25) is 0 Å². The fourth-order valence-electron chi connectivity index (χ4n) is 5.01. The number of rotatable bonds is 0. The summed E-state index contributed by atoms with van der Waals surface area (Å²) in [6.45, 7) is 10.5. The number of allylic oxidation sites excluding steroid dienone is 1. The van der Waals surface area contributed by atoms with Gasteiger partial charge in [-0.15, -0.1) is 0 Å². The topological polar surface area (TPSA) is 35.5 Å². The van der Waals surface area contributed by atoms with Crippen LogP contribution >= 0.6 is 0 Å². The third-order valence-electron chi connectivity index (χ3n) is 5.92. The lowest BCUT2D eigenvalue weighted by Gasteiger charge is -2.44. The summed E-state index contributed by atoms with van der Waals surface area (Å²) < 4.78 is 11.7. The van der Waals surface area contributed by atoms with Gasteiger partial charge in [0, 0.05) is 18.3 Å². The predicted molar refractivity (Wildman–Crippen MR) is 75.0 cm³/mol. The number of hydrogen-bond acceptors (Lipinski definition) is 3. The van der Waals surface area contributed by atoms with E-state index in [9.17, 15) is 4.79 Å². The summed E-state index contributed by atoms with van der Waals surface area (Å²) in [7, 11) is 0. The molecule has 0 N–H and O–H groups in total. The highest BCUT2D eigenvalue weighted by molar-refractivity contribution is 5.84. The maximum absolute atomic E-state index is 12.4. The van der Waals surface area contributed by atoms with Gasteiger partial charge >= 0.3 is 5.97 Å². The van der Waals surface area contributed by atoms with Crippen LogP contribution in [0.15, 0.2) is 24.3 Å². The molecule has 20 heavy (non-hydrogen) atoms. The van der Waals surface area contributed by atoms with Crippen molar-refractivity contribution in [1.82, 2.24) is 0 Å². The van der Waals surface area contributed by atoms with Crippen LogP contribution in [0, 0.1) is 17.8 Å². The van der Waals surface area contributed by atoms with E-state index in [1.807, 2.05) is 6.92 Å². The Bertz CT molecular complexity index is 500. The Morgan fingerprint density at radius 1 is 1.20 bits per heavy atom. The Balaban J connectivity index is 1.72. The molecule has 0 aromatic rings. The second-order valence-corrected chi connectivity index (χ2v) is 7.02. The predicted octanol–water partition coefficient (Wildman–Crippen LogP) is 3.01. The molecule has 3 nitrogen and oxygen atoms in total. The van der Waals surface area contributed by atoms with E-state index >= 15 is 0 Å². The Hall–Kier alpha value is -1.09. The van der Waals surface area contributed by atoms with E-state index in [1.165, 1.54) is 11.1 Å². The van der Waals surface area contributed by atoms with Crippen molar-refractivity contribution in [3.8, 4) is 0 Å². The zero-order valence-corrected chi connectivity index (χ0v) is 12.1. The van der Waals surface area contributed by atoms with Crippen molar-refractivity contribution >= 4 is 5.97 Å². The van der Waals surface area contributed by atoms with Crippen molar-refractivity contribution in [2.24, 2.45) is 17.8 Å². The molecular formula is C17H22O3. The molecule has 2 aliphatic heterocycles. The minimum Gasteiger partial charge on any atom is -0.459 e. The van der Waals surface area contributed by atoms with Gasteiger partial charge in [0.1, 0.15) is 6.10 Å². The van der Waals surface area contributed by atoms with Crippen LogP contribution in [0.1, 0.15) is 39.0 Å². The molecule has 108 valence electrons. The number of carbonyl (C=O) groups excluding carboxylic acids is 1. The fourth-order valence-corrected chi connectivity index (χ4v) is 5.01. The molecule has 2 heterocycles. The SMILES string of the molecule is C=C1CC[C@H]2C(=C)CC[C@@H]3[C@H](OC(=O)[C@@]34C[C@H](C)O4)[C@@H]12. The minimum atomic E-state index is -0.651. The molecule has 6 atom stereocenters. The van der Waals surface area contributed by atoms with Crippen molar-refractivity contribution < 1.29 is 14.3 Å². The number of carbonyl (C=O) groups is 1. The Kier molecular flexibility index (Phi) is 2.51. The van der Waals surface area contributed by atoms with Crippen molar-refractivity contribution in [2.45, 2.75) is 56.8 Å². The highest BCUT2D eigenvalue weighted by atomic mass is 16.6. The average Bonchev–Trinajstić information content (AvgIpc) is 2.82. The van der Waals surface area contributed by atoms with Crippen LogP contribution in [-0.2, 0) is 14.3 Å². The van der Waals surface area contributed by atoms with Crippen LogP contribution < -0.4 is 0 Å². The highest BCUT2D eigenvalue weighted by Crippen LogP contribution is 2.57. The van der Waals surface area contributed by atoms with Gasteiger partial charge in [0.2, 0.25) is 0 Å². The first-order valence-corrected chi connectivity index (χ1v) is 7.77. The standard InChI is InChI=1S/C17H22O3/c1-9-5-7-13-15(14-10(2)4-6-12(9)14)19-16(18)17(13)8-11(3)20-17/h11-15H,1-2,4-8H2,3H3/t11-,12-,13+,14-,15-,17+/m0/s1. The van der Waals surface area contributed by atoms with Crippen molar-refractivity contribution in [3.63, 3.8) is 0 Å². The molecule has 0 bridgehead atoms. The van der Waals surface area contributed by atoms with Gasteiger partial charge < -0.3 is 9.47 Å². The lowest BCUT2D eigenvalue weighted by Crippen LogP contribution is -2.57. The van der Waals surface area contributed by atoms with Gasteiger partial charge in [0.05, 0.1) is 6.10 Å². The van der Waals surface area contributed by atoms with E-state index in [4.69, 9.17) is 9.47 Å². The summed E-state index contributed by atoms with van der Waals surface area (Å²) in [4.78, 5) is 12.4. The third-order valence-corrected chi connectivity index (χ3v) is 5.92. The first kappa shape index (κ1) is 12.6. The van der Waals surface area contributed by atoms with Crippen LogP contribution in [0.25, 0.3) is 0 Å². The minimum absolute atomic E-state index is 0.0331. The van der Waals surface area contributed by atoms with E-state index < -0.39 is 5.60 Å². The molecule has 4 rings (SSSR count). The molecule has 0 amide bonds. The van der Waals surface area contributed by atoms with Crippen LogP contribution in [-0.4, -0.2) is 23.8 Å². The number of fused-ring (bicyclic) bond motifs is 4. The summed E-state index contributed by atoms with van der Waals surface area (Å²) in [5.41, 5.74) is 1.91. The average molecular weight is 274 g/mol. The summed E-state index contributed by atoms with van der Waals surface area (Å²) in [5.74, 6) is 0.792. The molecular weight excluding hydrogens is 252 g/mol. The molecule has 0 aromatic heterocycles. The maximum atomic E-state index is 12.4. The van der Waals surface area contributed by atoms with Crippen LogP contribution in [0.3, 0.4) is 0 Å². The maximum Gasteiger partial charge on any atom is 0.339 e. The fraction of sp³-hybridized carbons (Fsp3) is 0.706. The molecule has 0 aromatic carbocycles. The number of hydrogen-bond donors (Lipinski definition) is 0. The lowest BCUT2D eigenvalue weighted by molar-refractivity contribution is -0.217. The monoisotopic (exact) mass is 274 g/mol. The third kappa shape index (κ3) is 1.42. The van der Waals surface area contributed by atoms with Crippen molar-refractivity contribution in [3.05, 3.63) is 24.3 Å². The van der Waals surface area contributed by atoms with Gasteiger partial charge in [-0.05, 0) is 38.5 Å². The second kappa shape index (κ2) is 3.97. The zero-order chi connectivity index (χ0) is 14.1. The van der Waals surface area contributed by atoms with Gasteiger partial charge in [-0.25, -0.2) is 4.79 Å². The van der Waals surface area contributed by atoms with Gasteiger partial charge in [-0.2, -0.15) is 0 Å². The molecule has 4 aliphatic rings. The van der Waals surface area contributed by atoms with Gasteiger partial charge in [0.15, 0.2) is 5.60 Å². The quantitative estimate of drug-likeness (QED) is 0.503. The lowest BCUT2D eigenvalue weighted by atomic mass is 9.73. The van der Waals surface area contributed by atoms with Gasteiger partial charge in [-0.3, -0.25) is 0 Å². The van der Waals surface area contributed by atoms with E-state index in [2.05, 4.69) is 13.2 Å². The van der Waals surface area contributed by atoms with E-state index in [-0.39, 0.29) is 30.0 Å².